The first kappa shape index (κ1) is 21.8. The number of hydrogen-bond donors (Lipinski definition) is 2. The minimum Gasteiger partial charge on any atom is -0.383 e. The van der Waals surface area contributed by atoms with Crippen LogP contribution in [0.2, 0.25) is 0 Å². The monoisotopic (exact) mass is 439 g/mol. The molecule has 32 heavy (non-hydrogen) atoms. The van der Waals surface area contributed by atoms with E-state index >= 15 is 0 Å². The van der Waals surface area contributed by atoms with Crippen LogP contribution in [0.3, 0.4) is 0 Å². The number of carbonyl (C=O) groups excluding carboxylic acids is 2. The predicted octanol–water partition coefficient (Wildman–Crippen LogP) is 2.07. The van der Waals surface area contributed by atoms with E-state index in [-0.39, 0.29) is 23.7 Å². The first-order valence-corrected chi connectivity index (χ1v) is 10.4. The number of hydrogen-bond acceptors (Lipinski definition) is 4. The summed E-state index contributed by atoms with van der Waals surface area (Å²) in [5, 5.41) is 10.2. The van der Waals surface area contributed by atoms with Crippen LogP contribution in [0.15, 0.2) is 36.4 Å². The summed E-state index contributed by atoms with van der Waals surface area (Å²) in [7, 11) is 3.46. The lowest BCUT2D eigenvalue weighted by atomic mass is 10.1. The molecule has 4 rings (SSSR count). The predicted molar refractivity (Wildman–Crippen MR) is 117 cm³/mol. The Morgan fingerprint density at radius 3 is 2.66 bits per heavy atom. The molecule has 0 saturated carbocycles. The molecule has 0 spiro atoms. The molecule has 9 heteroatoms. The van der Waals surface area contributed by atoms with Gasteiger partial charge in [0.05, 0.1) is 24.8 Å². The molecule has 8 nitrogen and oxygen atoms in total. The highest BCUT2D eigenvalue weighted by molar-refractivity contribution is 5.97. The molecule has 2 amide bonds. The summed E-state index contributed by atoms with van der Waals surface area (Å²) in [6.45, 7) is 3.25. The van der Waals surface area contributed by atoms with Crippen LogP contribution in [0.25, 0.3) is 11.3 Å². The van der Waals surface area contributed by atoms with E-state index in [0.717, 1.165) is 22.6 Å². The minimum absolute atomic E-state index is 0.107. The maximum atomic E-state index is 13.3. The van der Waals surface area contributed by atoms with Gasteiger partial charge >= 0.3 is 0 Å². The fourth-order valence-corrected chi connectivity index (χ4v) is 3.96. The molecule has 1 aliphatic rings. The molecular weight excluding hydrogens is 413 g/mol. The molecule has 0 unspecified atom stereocenters. The van der Waals surface area contributed by atoms with Crippen molar-refractivity contribution in [2.45, 2.75) is 25.9 Å². The number of aromatic nitrogens is 3. The van der Waals surface area contributed by atoms with Crippen LogP contribution in [-0.4, -0.2) is 52.5 Å². The zero-order valence-electron chi connectivity index (χ0n) is 18.3. The van der Waals surface area contributed by atoms with Gasteiger partial charge < -0.3 is 19.9 Å². The molecule has 0 fully saturated rings. The normalized spacial score (nSPS) is 14.9. The Morgan fingerprint density at radius 1 is 1.22 bits per heavy atom. The molecule has 1 aliphatic heterocycles. The summed E-state index contributed by atoms with van der Waals surface area (Å²) in [5.74, 6) is -0.704. The third kappa shape index (κ3) is 4.29. The molecule has 0 saturated heterocycles. The van der Waals surface area contributed by atoms with Crippen molar-refractivity contribution in [3.8, 4) is 11.3 Å². The average Bonchev–Trinajstić information content (AvgIpc) is 3.41. The van der Waals surface area contributed by atoms with Gasteiger partial charge in [0.15, 0.2) is 0 Å². The molecule has 2 aromatic heterocycles. The van der Waals surface area contributed by atoms with Crippen molar-refractivity contribution >= 4 is 11.8 Å². The van der Waals surface area contributed by atoms with Crippen LogP contribution >= 0.6 is 0 Å². The van der Waals surface area contributed by atoms with Gasteiger partial charge in [-0.1, -0.05) is 0 Å². The Hall–Kier alpha value is -3.46. The van der Waals surface area contributed by atoms with E-state index in [1.807, 2.05) is 24.6 Å². The number of ether oxygens (including phenoxy) is 1. The van der Waals surface area contributed by atoms with Crippen molar-refractivity contribution in [2.24, 2.45) is 7.05 Å². The number of rotatable bonds is 7. The maximum absolute atomic E-state index is 13.3. The molecule has 0 radical (unpaired) electrons. The number of carbonyl (C=O) groups is 2. The highest BCUT2D eigenvalue weighted by Gasteiger charge is 2.27. The van der Waals surface area contributed by atoms with Gasteiger partial charge in [-0.05, 0) is 48.9 Å². The molecule has 1 aromatic carbocycles. The Morgan fingerprint density at radius 2 is 1.97 bits per heavy atom. The van der Waals surface area contributed by atoms with E-state index in [2.05, 4.69) is 15.7 Å². The second kappa shape index (κ2) is 8.96. The number of amides is 2. The topological polar surface area (TPSA) is 90.2 Å². The molecule has 0 bridgehead atoms. The zero-order valence-corrected chi connectivity index (χ0v) is 18.3. The molecule has 3 aromatic rings. The van der Waals surface area contributed by atoms with E-state index in [1.165, 1.54) is 12.1 Å². The van der Waals surface area contributed by atoms with E-state index in [4.69, 9.17) is 4.74 Å². The number of methoxy groups -OCH3 is 1. The number of nitrogens with zero attached hydrogens (tertiary/aromatic N) is 3. The summed E-state index contributed by atoms with van der Waals surface area (Å²) >= 11 is 0. The van der Waals surface area contributed by atoms with E-state index < -0.39 is 0 Å². The van der Waals surface area contributed by atoms with Crippen molar-refractivity contribution in [1.82, 2.24) is 25.0 Å². The lowest BCUT2D eigenvalue weighted by Crippen LogP contribution is -2.36. The summed E-state index contributed by atoms with van der Waals surface area (Å²) in [4.78, 5) is 25.1. The summed E-state index contributed by atoms with van der Waals surface area (Å²) in [6, 6.07) is 9.69. The largest absolute Gasteiger partial charge is 0.383 e. The number of fused-ring (bicyclic) bond motifs is 1. The van der Waals surface area contributed by atoms with Crippen LogP contribution in [-0.2, 0) is 24.8 Å². The Balaban J connectivity index is 1.41. The van der Waals surface area contributed by atoms with Crippen molar-refractivity contribution in [3.05, 3.63) is 64.9 Å². The van der Waals surface area contributed by atoms with Crippen LogP contribution in [0.1, 0.15) is 32.2 Å². The Labute approximate surface area is 185 Å². The van der Waals surface area contributed by atoms with E-state index in [0.29, 0.717) is 37.4 Å². The Kier molecular flexibility index (Phi) is 6.09. The van der Waals surface area contributed by atoms with Gasteiger partial charge in [0.25, 0.3) is 11.8 Å². The van der Waals surface area contributed by atoms with Gasteiger partial charge in [0.2, 0.25) is 0 Å². The van der Waals surface area contributed by atoms with Gasteiger partial charge in [-0.25, -0.2) is 4.39 Å². The van der Waals surface area contributed by atoms with Crippen molar-refractivity contribution in [1.29, 1.82) is 0 Å². The lowest BCUT2D eigenvalue weighted by Gasteiger charge is -2.12. The van der Waals surface area contributed by atoms with Crippen molar-refractivity contribution in [3.63, 3.8) is 0 Å². The molecule has 168 valence electrons. The molecule has 3 heterocycles. The van der Waals surface area contributed by atoms with Crippen LogP contribution in [0.4, 0.5) is 4.39 Å². The smallest absolute Gasteiger partial charge is 0.271 e. The van der Waals surface area contributed by atoms with Gasteiger partial charge in [-0.3, -0.25) is 14.3 Å². The van der Waals surface area contributed by atoms with Gasteiger partial charge in [-0.15, -0.1) is 0 Å². The van der Waals surface area contributed by atoms with Crippen molar-refractivity contribution < 1.29 is 18.7 Å². The standard InChI is InChI=1S/C23H26FN5O3/c1-14-19(12-21(28(14)2)15-4-6-16(24)7-5-15)22(30)26-17-10-18-11-20(27-29(18)13-17)23(31)25-8-9-32-3/h4-7,11-12,17H,8-10,13H2,1-3H3,(H,25,31)(H,26,30)/t17-/m0/s1. The Bertz CT molecular complexity index is 1130. The van der Waals surface area contributed by atoms with E-state index in [1.54, 1.807) is 30.0 Å². The highest BCUT2D eigenvalue weighted by Crippen LogP contribution is 2.25. The quantitative estimate of drug-likeness (QED) is 0.552. The first-order valence-electron chi connectivity index (χ1n) is 10.4. The first-order chi connectivity index (χ1) is 15.4. The molecule has 2 N–H and O–H groups in total. The second-order valence-corrected chi connectivity index (χ2v) is 7.92. The SMILES string of the molecule is COCCNC(=O)c1cc2n(n1)C[C@@H](NC(=O)c1cc(-c3ccc(F)cc3)n(C)c1C)C2. The van der Waals surface area contributed by atoms with Crippen molar-refractivity contribution in [2.75, 3.05) is 20.3 Å². The minimum atomic E-state index is -0.299. The third-order valence-electron chi connectivity index (χ3n) is 5.79. The molecular formula is C23H26FN5O3. The second-order valence-electron chi connectivity index (χ2n) is 7.92. The molecule has 0 aliphatic carbocycles. The maximum Gasteiger partial charge on any atom is 0.271 e. The van der Waals surface area contributed by atoms with Crippen LogP contribution in [0, 0.1) is 12.7 Å². The van der Waals surface area contributed by atoms with Gasteiger partial charge in [0.1, 0.15) is 11.5 Å². The lowest BCUT2D eigenvalue weighted by molar-refractivity contribution is 0.0921. The fraction of sp³-hybridized carbons (Fsp3) is 0.348. The number of halogens is 1. The average molecular weight is 439 g/mol. The third-order valence-corrected chi connectivity index (χ3v) is 5.79. The fourth-order valence-electron chi connectivity index (χ4n) is 3.96. The molecule has 1 atom stereocenters. The van der Waals surface area contributed by atoms with Gasteiger partial charge in [0, 0.05) is 44.2 Å². The zero-order chi connectivity index (χ0) is 22.8. The van der Waals surface area contributed by atoms with E-state index in [9.17, 15) is 14.0 Å². The number of nitrogens with one attached hydrogen (secondary N) is 2. The summed E-state index contributed by atoms with van der Waals surface area (Å²) < 4.78 is 21.9. The highest BCUT2D eigenvalue weighted by atomic mass is 19.1. The van der Waals surface area contributed by atoms with Gasteiger partial charge in [-0.2, -0.15) is 5.10 Å². The number of benzene rings is 1. The van der Waals surface area contributed by atoms with Crippen LogP contribution < -0.4 is 10.6 Å². The van der Waals surface area contributed by atoms with Crippen LogP contribution in [0.5, 0.6) is 0 Å². The summed E-state index contributed by atoms with van der Waals surface area (Å²) in [6.07, 6.45) is 0.598. The summed E-state index contributed by atoms with van der Waals surface area (Å²) in [5.41, 5.74) is 4.36.